The number of nitrogens with zero attached hydrogens (tertiary/aromatic N) is 3. The van der Waals surface area contributed by atoms with Crippen molar-refractivity contribution in [2.24, 2.45) is 0 Å². The van der Waals surface area contributed by atoms with Gasteiger partial charge in [0, 0.05) is 45.0 Å². The number of carbonyl (C=O) groups is 2. The number of piperazine rings is 1. The molecule has 0 spiro atoms. The van der Waals surface area contributed by atoms with Gasteiger partial charge in [0.1, 0.15) is 0 Å². The summed E-state index contributed by atoms with van der Waals surface area (Å²) >= 11 is 0. The molecular weight excluding hydrogens is 376 g/mol. The van der Waals surface area contributed by atoms with Crippen molar-refractivity contribution in [1.29, 1.82) is 0 Å². The highest BCUT2D eigenvalue weighted by Gasteiger charge is 2.27. The topological polar surface area (TPSA) is 55.9 Å². The summed E-state index contributed by atoms with van der Waals surface area (Å²) in [6, 6.07) is 16.3. The van der Waals surface area contributed by atoms with E-state index in [2.05, 4.69) is 34.2 Å². The van der Waals surface area contributed by atoms with E-state index in [1.54, 1.807) is 0 Å². The number of amides is 2. The van der Waals surface area contributed by atoms with Gasteiger partial charge in [0.25, 0.3) is 0 Å². The van der Waals surface area contributed by atoms with Crippen molar-refractivity contribution in [1.82, 2.24) is 15.1 Å². The molecule has 0 unspecified atom stereocenters. The van der Waals surface area contributed by atoms with Gasteiger partial charge in [-0.25, -0.2) is 0 Å². The van der Waals surface area contributed by atoms with Crippen LogP contribution in [0.15, 0.2) is 48.5 Å². The number of fused-ring (bicyclic) bond motifs is 1. The Morgan fingerprint density at radius 3 is 2.30 bits per heavy atom. The van der Waals surface area contributed by atoms with Gasteiger partial charge in [-0.15, -0.1) is 0 Å². The summed E-state index contributed by atoms with van der Waals surface area (Å²) < 4.78 is 0. The molecule has 1 fully saturated rings. The summed E-state index contributed by atoms with van der Waals surface area (Å²) in [4.78, 5) is 31.4. The van der Waals surface area contributed by atoms with Crippen LogP contribution in [-0.4, -0.2) is 67.4 Å². The zero-order chi connectivity index (χ0) is 20.9. The summed E-state index contributed by atoms with van der Waals surface area (Å²) in [7, 11) is 0. The van der Waals surface area contributed by atoms with E-state index in [4.69, 9.17) is 0 Å². The van der Waals surface area contributed by atoms with E-state index in [9.17, 15) is 9.59 Å². The Morgan fingerprint density at radius 1 is 0.867 bits per heavy atom. The van der Waals surface area contributed by atoms with Crippen LogP contribution in [0.1, 0.15) is 16.7 Å². The van der Waals surface area contributed by atoms with Crippen LogP contribution in [-0.2, 0) is 22.6 Å². The Hall–Kier alpha value is -2.70. The number of anilines is 1. The molecule has 2 heterocycles. The molecule has 2 aliphatic rings. The van der Waals surface area contributed by atoms with Crippen LogP contribution < -0.4 is 10.2 Å². The highest BCUT2D eigenvalue weighted by molar-refractivity contribution is 5.96. The Balaban J connectivity index is 1.19. The SMILES string of the molecule is Cc1ccccc1CNC(=O)CN1CCN(CC(=O)N2CCc3ccccc32)CC1. The number of hydrogen-bond donors (Lipinski definition) is 1. The molecule has 0 aliphatic carbocycles. The van der Waals surface area contributed by atoms with Crippen LogP contribution >= 0.6 is 0 Å². The second kappa shape index (κ2) is 9.41. The molecule has 0 bridgehead atoms. The molecule has 0 atom stereocenters. The number of nitrogens with one attached hydrogen (secondary N) is 1. The minimum Gasteiger partial charge on any atom is -0.351 e. The van der Waals surface area contributed by atoms with Crippen molar-refractivity contribution in [3.8, 4) is 0 Å². The number of para-hydroxylation sites is 1. The third kappa shape index (κ3) is 4.89. The van der Waals surface area contributed by atoms with Gasteiger partial charge >= 0.3 is 0 Å². The van der Waals surface area contributed by atoms with E-state index < -0.39 is 0 Å². The molecule has 158 valence electrons. The van der Waals surface area contributed by atoms with Gasteiger partial charge in [0.15, 0.2) is 0 Å². The molecule has 2 aromatic rings. The Morgan fingerprint density at radius 2 is 1.53 bits per heavy atom. The first-order valence-electron chi connectivity index (χ1n) is 10.7. The standard InChI is InChI=1S/C24H30N4O2/c1-19-6-2-3-8-21(19)16-25-23(29)17-26-12-14-27(15-13-26)18-24(30)28-11-10-20-7-4-5-9-22(20)28/h2-9H,10-18H2,1H3,(H,25,29). The zero-order valence-corrected chi connectivity index (χ0v) is 17.6. The van der Waals surface area contributed by atoms with Crippen LogP contribution in [0.25, 0.3) is 0 Å². The minimum atomic E-state index is 0.0523. The third-order valence-electron chi connectivity index (χ3n) is 6.12. The fourth-order valence-electron chi connectivity index (χ4n) is 4.24. The van der Waals surface area contributed by atoms with Gasteiger partial charge in [-0.05, 0) is 36.1 Å². The summed E-state index contributed by atoms with van der Waals surface area (Å²) in [6.07, 6.45) is 0.938. The normalized spacial score (nSPS) is 17.0. The molecule has 0 radical (unpaired) electrons. The quantitative estimate of drug-likeness (QED) is 0.795. The largest absolute Gasteiger partial charge is 0.351 e. The van der Waals surface area contributed by atoms with Crippen molar-refractivity contribution >= 4 is 17.5 Å². The maximum atomic E-state index is 12.8. The highest BCUT2D eigenvalue weighted by Crippen LogP contribution is 2.27. The average molecular weight is 407 g/mol. The molecule has 0 aromatic heterocycles. The molecule has 1 saturated heterocycles. The van der Waals surface area contributed by atoms with Crippen molar-refractivity contribution in [3.05, 3.63) is 65.2 Å². The predicted molar refractivity (Wildman–Crippen MR) is 118 cm³/mol. The van der Waals surface area contributed by atoms with Crippen LogP contribution in [0, 0.1) is 6.92 Å². The van der Waals surface area contributed by atoms with Crippen molar-refractivity contribution in [2.75, 3.05) is 50.7 Å². The molecule has 2 aromatic carbocycles. The maximum absolute atomic E-state index is 12.8. The first-order chi connectivity index (χ1) is 14.6. The number of hydrogen-bond acceptors (Lipinski definition) is 4. The Bertz CT molecular complexity index is 906. The monoisotopic (exact) mass is 406 g/mol. The highest BCUT2D eigenvalue weighted by atomic mass is 16.2. The summed E-state index contributed by atoms with van der Waals surface area (Å²) in [6.45, 7) is 7.50. The van der Waals surface area contributed by atoms with Crippen LogP contribution in [0.4, 0.5) is 5.69 Å². The first kappa shape index (κ1) is 20.6. The summed E-state index contributed by atoms with van der Waals surface area (Å²) in [5, 5.41) is 3.02. The van der Waals surface area contributed by atoms with Crippen LogP contribution in [0.3, 0.4) is 0 Å². The third-order valence-corrected chi connectivity index (χ3v) is 6.12. The van der Waals surface area contributed by atoms with Gasteiger partial charge in [0.05, 0.1) is 13.1 Å². The lowest BCUT2D eigenvalue weighted by atomic mass is 10.1. The molecular formula is C24H30N4O2. The minimum absolute atomic E-state index is 0.0523. The fraction of sp³-hybridized carbons (Fsp3) is 0.417. The van der Waals surface area contributed by atoms with E-state index in [1.807, 2.05) is 41.3 Å². The van der Waals surface area contributed by atoms with Crippen molar-refractivity contribution in [2.45, 2.75) is 19.9 Å². The van der Waals surface area contributed by atoms with Gasteiger partial charge in [-0.1, -0.05) is 42.5 Å². The van der Waals surface area contributed by atoms with E-state index >= 15 is 0 Å². The summed E-state index contributed by atoms with van der Waals surface area (Å²) in [5.41, 5.74) is 4.66. The second-order valence-corrected chi connectivity index (χ2v) is 8.18. The molecule has 6 nitrogen and oxygen atoms in total. The number of rotatable bonds is 6. The zero-order valence-electron chi connectivity index (χ0n) is 17.6. The molecule has 4 rings (SSSR count). The lowest BCUT2D eigenvalue weighted by Gasteiger charge is -2.34. The second-order valence-electron chi connectivity index (χ2n) is 8.18. The van der Waals surface area contributed by atoms with E-state index in [1.165, 1.54) is 11.1 Å². The predicted octanol–water partition coefficient (Wildman–Crippen LogP) is 1.82. The van der Waals surface area contributed by atoms with Gasteiger partial charge in [-0.2, -0.15) is 0 Å². The lowest BCUT2D eigenvalue weighted by molar-refractivity contribution is -0.124. The van der Waals surface area contributed by atoms with Gasteiger partial charge in [0.2, 0.25) is 11.8 Å². The fourth-order valence-corrected chi connectivity index (χ4v) is 4.24. The van der Waals surface area contributed by atoms with Crippen LogP contribution in [0.5, 0.6) is 0 Å². The Labute approximate surface area is 178 Å². The maximum Gasteiger partial charge on any atom is 0.241 e. The molecule has 0 saturated carbocycles. The molecule has 2 amide bonds. The molecule has 2 aliphatic heterocycles. The number of aryl methyl sites for hydroxylation is 1. The van der Waals surface area contributed by atoms with Gasteiger partial charge < -0.3 is 10.2 Å². The molecule has 1 N–H and O–H groups in total. The molecule has 30 heavy (non-hydrogen) atoms. The molecule has 6 heteroatoms. The average Bonchev–Trinajstić information content (AvgIpc) is 3.19. The van der Waals surface area contributed by atoms with E-state index in [0.717, 1.165) is 50.4 Å². The van der Waals surface area contributed by atoms with Crippen LogP contribution in [0.2, 0.25) is 0 Å². The van der Waals surface area contributed by atoms with Gasteiger partial charge in [-0.3, -0.25) is 19.4 Å². The first-order valence-corrected chi connectivity index (χ1v) is 10.7. The van der Waals surface area contributed by atoms with Crippen molar-refractivity contribution in [3.63, 3.8) is 0 Å². The lowest BCUT2D eigenvalue weighted by Crippen LogP contribution is -2.51. The van der Waals surface area contributed by atoms with E-state index in [-0.39, 0.29) is 11.8 Å². The number of carbonyl (C=O) groups excluding carboxylic acids is 2. The van der Waals surface area contributed by atoms with E-state index in [0.29, 0.717) is 19.6 Å². The van der Waals surface area contributed by atoms with Crippen molar-refractivity contribution < 1.29 is 9.59 Å². The smallest absolute Gasteiger partial charge is 0.241 e. The summed E-state index contributed by atoms with van der Waals surface area (Å²) in [5.74, 6) is 0.223. The number of benzene rings is 2. The Kier molecular flexibility index (Phi) is 6.45.